The smallest absolute Gasteiger partial charge is 0.340 e. The van der Waals surface area contributed by atoms with E-state index in [-0.39, 0.29) is 37.6 Å². The number of rotatable bonds is 6. The van der Waals surface area contributed by atoms with Gasteiger partial charge in [0.05, 0.1) is 18.7 Å². The van der Waals surface area contributed by atoms with Gasteiger partial charge >= 0.3 is 5.97 Å². The zero-order valence-corrected chi connectivity index (χ0v) is 22.4. The van der Waals surface area contributed by atoms with Gasteiger partial charge in [0.2, 0.25) is 5.91 Å². The highest BCUT2D eigenvalue weighted by molar-refractivity contribution is 6.30. The van der Waals surface area contributed by atoms with Crippen molar-refractivity contribution < 1.29 is 19.1 Å². The van der Waals surface area contributed by atoms with E-state index in [2.05, 4.69) is 5.32 Å². The molecular weight excluding hydrogens is 478 g/mol. The van der Waals surface area contributed by atoms with Crippen LogP contribution in [-0.4, -0.2) is 45.4 Å². The van der Waals surface area contributed by atoms with E-state index in [0.717, 1.165) is 31.2 Å². The molecule has 2 heterocycles. The van der Waals surface area contributed by atoms with Crippen molar-refractivity contribution >= 4 is 29.4 Å². The minimum Gasteiger partial charge on any atom is -0.462 e. The molecule has 1 aromatic heterocycles. The molecule has 194 valence electrons. The van der Waals surface area contributed by atoms with Crippen molar-refractivity contribution in [3.8, 4) is 0 Å². The summed E-state index contributed by atoms with van der Waals surface area (Å²) >= 11 is 6.08. The number of nitrogens with one attached hydrogen (secondary N) is 1. The Balaban J connectivity index is 1.75. The fraction of sp³-hybridized carbons (Fsp3) is 0.536. The Morgan fingerprint density at radius 2 is 1.75 bits per heavy atom. The van der Waals surface area contributed by atoms with Gasteiger partial charge in [-0.2, -0.15) is 0 Å². The van der Waals surface area contributed by atoms with Crippen LogP contribution in [0, 0.1) is 13.8 Å². The van der Waals surface area contributed by atoms with Gasteiger partial charge in [-0.3, -0.25) is 9.59 Å². The maximum absolute atomic E-state index is 14.1. The lowest BCUT2D eigenvalue weighted by Gasteiger charge is -2.45. The molecule has 0 bridgehead atoms. The number of nitrogens with zero attached hydrogens (tertiary/aromatic N) is 2. The average Bonchev–Trinajstić information content (AvgIpc) is 2.99. The quantitative estimate of drug-likeness (QED) is 0.426. The van der Waals surface area contributed by atoms with Crippen LogP contribution < -0.4 is 5.32 Å². The topological polar surface area (TPSA) is 80.6 Å². The van der Waals surface area contributed by atoms with Crippen molar-refractivity contribution in [2.24, 2.45) is 0 Å². The Labute approximate surface area is 218 Å². The Hall–Kier alpha value is -2.80. The average molecular weight is 514 g/mol. The fourth-order valence-electron chi connectivity index (χ4n) is 5.60. The molecule has 8 heteroatoms. The third-order valence-corrected chi connectivity index (χ3v) is 7.94. The number of halogens is 1. The molecule has 1 atom stereocenters. The van der Waals surface area contributed by atoms with Crippen molar-refractivity contribution in [2.45, 2.75) is 90.9 Å². The minimum atomic E-state index is -1.14. The van der Waals surface area contributed by atoms with Gasteiger partial charge in [0, 0.05) is 23.3 Å². The second-order valence-electron chi connectivity index (χ2n) is 10.2. The number of hydrogen-bond acceptors (Lipinski definition) is 4. The maximum Gasteiger partial charge on any atom is 0.340 e. The van der Waals surface area contributed by atoms with Crippen LogP contribution in [0.4, 0.5) is 0 Å². The van der Waals surface area contributed by atoms with E-state index in [1.54, 1.807) is 30.9 Å². The molecule has 1 N–H and O–H groups in total. The van der Waals surface area contributed by atoms with Crippen LogP contribution in [0.3, 0.4) is 0 Å². The molecule has 7 nitrogen and oxygen atoms in total. The summed E-state index contributed by atoms with van der Waals surface area (Å²) in [4.78, 5) is 42.4. The van der Waals surface area contributed by atoms with Gasteiger partial charge < -0.3 is 19.5 Å². The summed E-state index contributed by atoms with van der Waals surface area (Å²) in [7, 11) is 0. The molecule has 0 spiro atoms. The molecule has 36 heavy (non-hydrogen) atoms. The number of carbonyl (C=O) groups is 3. The van der Waals surface area contributed by atoms with E-state index in [1.807, 2.05) is 30.5 Å². The largest absolute Gasteiger partial charge is 0.462 e. The van der Waals surface area contributed by atoms with Gasteiger partial charge in [-0.25, -0.2) is 4.79 Å². The van der Waals surface area contributed by atoms with Crippen LogP contribution in [0.15, 0.2) is 24.3 Å². The number of carbonyl (C=O) groups excluding carboxylic acids is 3. The summed E-state index contributed by atoms with van der Waals surface area (Å²) in [5.74, 6) is -0.882. The summed E-state index contributed by atoms with van der Waals surface area (Å²) < 4.78 is 7.11. The van der Waals surface area contributed by atoms with Gasteiger partial charge in [-0.05, 0) is 63.8 Å². The molecule has 2 aromatic rings. The highest BCUT2D eigenvalue weighted by Crippen LogP contribution is 2.35. The van der Waals surface area contributed by atoms with Crippen LogP contribution in [0.1, 0.15) is 90.0 Å². The van der Waals surface area contributed by atoms with Crippen LogP contribution in [-0.2, 0) is 22.6 Å². The van der Waals surface area contributed by atoms with Crippen LogP contribution in [0.5, 0.6) is 0 Å². The molecule has 4 rings (SSSR count). The standard InChI is InChI=1S/C28H36ClN3O4/c1-5-36-26(34)23-18(2)24-25(33)32(16-20-12-14-21(29)15-13-20)28(4,17-31(24)19(23)3)27(35)30-22-10-8-6-7-9-11-22/h12-15,22H,5-11,16-17H2,1-4H3,(H,30,35). The molecule has 1 saturated carbocycles. The van der Waals surface area contributed by atoms with Crippen LogP contribution >= 0.6 is 11.6 Å². The first kappa shape index (κ1) is 26.3. The summed E-state index contributed by atoms with van der Waals surface area (Å²) in [5, 5.41) is 3.88. The van der Waals surface area contributed by atoms with E-state index in [0.29, 0.717) is 27.5 Å². The number of fused-ring (bicyclic) bond motifs is 1. The zero-order chi connectivity index (χ0) is 26.0. The minimum absolute atomic E-state index is 0.105. The van der Waals surface area contributed by atoms with Gasteiger partial charge in [0.1, 0.15) is 11.2 Å². The highest BCUT2D eigenvalue weighted by Gasteiger charge is 2.49. The summed E-state index contributed by atoms with van der Waals surface area (Å²) in [6, 6.07) is 7.41. The molecule has 1 unspecified atom stereocenters. The van der Waals surface area contributed by atoms with Crippen molar-refractivity contribution in [3.05, 3.63) is 57.4 Å². The lowest BCUT2D eigenvalue weighted by atomic mass is 9.92. The molecular formula is C28H36ClN3O4. The lowest BCUT2D eigenvalue weighted by Crippen LogP contribution is -2.64. The van der Waals surface area contributed by atoms with Crippen molar-refractivity contribution in [3.63, 3.8) is 0 Å². The molecule has 2 amide bonds. The SMILES string of the molecule is CCOC(=O)c1c(C)c2n(c1C)CC(C)(C(=O)NC1CCCCCC1)N(Cc1ccc(Cl)cc1)C2=O. The van der Waals surface area contributed by atoms with E-state index in [1.165, 1.54) is 12.8 Å². The molecule has 0 radical (unpaired) electrons. The van der Waals surface area contributed by atoms with E-state index in [9.17, 15) is 14.4 Å². The second-order valence-corrected chi connectivity index (χ2v) is 10.6. The normalized spacial score (nSPS) is 20.6. The first-order chi connectivity index (χ1) is 17.2. The number of amides is 2. The van der Waals surface area contributed by atoms with Crippen LogP contribution in [0.25, 0.3) is 0 Å². The molecule has 1 aromatic carbocycles. The van der Waals surface area contributed by atoms with Crippen molar-refractivity contribution in [2.75, 3.05) is 6.61 Å². The molecule has 1 aliphatic heterocycles. The van der Waals surface area contributed by atoms with E-state index < -0.39 is 11.5 Å². The monoisotopic (exact) mass is 513 g/mol. The third kappa shape index (κ3) is 4.90. The van der Waals surface area contributed by atoms with Crippen molar-refractivity contribution in [1.82, 2.24) is 14.8 Å². The molecule has 1 fully saturated rings. The van der Waals surface area contributed by atoms with E-state index >= 15 is 0 Å². The predicted molar refractivity (Wildman–Crippen MR) is 139 cm³/mol. The Morgan fingerprint density at radius 3 is 2.36 bits per heavy atom. The Morgan fingerprint density at radius 1 is 1.11 bits per heavy atom. The highest BCUT2D eigenvalue weighted by atomic mass is 35.5. The van der Waals surface area contributed by atoms with Gasteiger partial charge in [-0.15, -0.1) is 0 Å². The number of benzene rings is 1. The van der Waals surface area contributed by atoms with Gasteiger partial charge in [0.25, 0.3) is 5.91 Å². The van der Waals surface area contributed by atoms with E-state index in [4.69, 9.17) is 16.3 Å². The van der Waals surface area contributed by atoms with Gasteiger partial charge in [-0.1, -0.05) is 49.4 Å². The lowest BCUT2D eigenvalue weighted by molar-refractivity contribution is -0.134. The van der Waals surface area contributed by atoms with Gasteiger partial charge in [0.15, 0.2) is 0 Å². The number of esters is 1. The van der Waals surface area contributed by atoms with Crippen LogP contribution in [0.2, 0.25) is 5.02 Å². The molecule has 2 aliphatic rings. The number of aromatic nitrogens is 1. The Kier molecular flexibility index (Phi) is 7.79. The molecule has 0 saturated heterocycles. The first-order valence-electron chi connectivity index (χ1n) is 12.9. The number of ether oxygens (including phenoxy) is 1. The number of hydrogen-bond donors (Lipinski definition) is 1. The summed E-state index contributed by atoms with van der Waals surface area (Å²) in [6.45, 7) is 7.93. The zero-order valence-electron chi connectivity index (χ0n) is 21.7. The third-order valence-electron chi connectivity index (χ3n) is 7.69. The predicted octanol–water partition coefficient (Wildman–Crippen LogP) is 5.19. The van der Waals surface area contributed by atoms with Crippen molar-refractivity contribution in [1.29, 1.82) is 0 Å². The summed E-state index contributed by atoms with van der Waals surface area (Å²) in [6.07, 6.45) is 6.47. The Bertz CT molecular complexity index is 1150. The molecule has 1 aliphatic carbocycles. The maximum atomic E-state index is 14.1. The first-order valence-corrected chi connectivity index (χ1v) is 13.3. The summed E-state index contributed by atoms with van der Waals surface area (Å²) in [5.41, 5.74) is 1.81. The second kappa shape index (κ2) is 10.7. The fourth-order valence-corrected chi connectivity index (χ4v) is 5.72.